The number of likely N-dealkylation sites (tertiary alicyclic amines) is 2. The predicted molar refractivity (Wildman–Crippen MR) is 130 cm³/mol. The Morgan fingerprint density at radius 3 is 2.55 bits per heavy atom. The highest BCUT2D eigenvalue weighted by molar-refractivity contribution is 14.0. The topological polar surface area (TPSA) is 60.0 Å². The fraction of sp³-hybridized carbons (Fsp3) is 0.636. The summed E-state index contributed by atoms with van der Waals surface area (Å²) >= 11 is 0. The maximum atomic E-state index is 12.0. The zero-order valence-electron chi connectivity index (χ0n) is 18.1. The number of carbonyl (C=O) groups is 1. The highest BCUT2D eigenvalue weighted by Gasteiger charge is 2.31. The summed E-state index contributed by atoms with van der Waals surface area (Å²) in [5, 5.41) is 7.07. The molecular formula is C22H36IN5O. The Bertz CT molecular complexity index is 708. The normalized spacial score (nSPS) is 22.9. The lowest BCUT2D eigenvalue weighted by atomic mass is 10.1. The number of amides is 1. The molecule has 6 nitrogen and oxygen atoms in total. The van der Waals surface area contributed by atoms with E-state index in [1.807, 2.05) is 18.0 Å². The van der Waals surface area contributed by atoms with E-state index in [0.29, 0.717) is 37.5 Å². The fourth-order valence-electron chi connectivity index (χ4n) is 4.12. The smallest absolute Gasteiger partial charge is 0.222 e. The van der Waals surface area contributed by atoms with Crippen molar-refractivity contribution in [2.75, 3.05) is 26.7 Å². The van der Waals surface area contributed by atoms with Crippen LogP contribution in [0.1, 0.15) is 44.7 Å². The molecule has 7 heteroatoms. The minimum absolute atomic E-state index is 0. The third-order valence-corrected chi connectivity index (χ3v) is 6.01. The van der Waals surface area contributed by atoms with Crippen molar-refractivity contribution >= 4 is 35.8 Å². The molecule has 162 valence electrons. The summed E-state index contributed by atoms with van der Waals surface area (Å²) in [6.07, 6.45) is 1.66. The van der Waals surface area contributed by atoms with Gasteiger partial charge in [0.05, 0.1) is 0 Å². The van der Waals surface area contributed by atoms with Crippen molar-refractivity contribution in [1.29, 1.82) is 0 Å². The standard InChI is InChI=1S/C22H35N5O.HI/c1-16(2)27-13-17(3)20(15-27)25-22(23-4)24-12-18-8-5-6-9-19(18)14-26-11-7-10-21(26)28;/h5-6,8-9,16-17,20H,7,10-15H2,1-4H3,(H2,23,24,25);1H. The lowest BCUT2D eigenvalue weighted by Crippen LogP contribution is -2.46. The monoisotopic (exact) mass is 513 g/mol. The molecule has 2 fully saturated rings. The first-order valence-corrected chi connectivity index (χ1v) is 10.5. The number of nitrogens with zero attached hydrogens (tertiary/aromatic N) is 3. The lowest BCUT2D eigenvalue weighted by molar-refractivity contribution is -0.128. The van der Waals surface area contributed by atoms with Gasteiger partial charge in [-0.15, -0.1) is 24.0 Å². The molecule has 1 amide bonds. The van der Waals surface area contributed by atoms with Crippen LogP contribution in [0.4, 0.5) is 0 Å². The fourth-order valence-corrected chi connectivity index (χ4v) is 4.12. The second-order valence-corrected chi connectivity index (χ2v) is 8.39. The third-order valence-electron chi connectivity index (χ3n) is 6.01. The number of rotatable bonds is 6. The van der Waals surface area contributed by atoms with Gasteiger partial charge in [-0.25, -0.2) is 0 Å². The minimum atomic E-state index is 0. The van der Waals surface area contributed by atoms with Gasteiger partial charge in [-0.3, -0.25) is 14.7 Å². The van der Waals surface area contributed by atoms with Gasteiger partial charge in [0.15, 0.2) is 5.96 Å². The van der Waals surface area contributed by atoms with Gasteiger partial charge in [-0.1, -0.05) is 31.2 Å². The number of nitrogens with one attached hydrogen (secondary N) is 2. The summed E-state index contributed by atoms with van der Waals surface area (Å²) in [7, 11) is 1.82. The van der Waals surface area contributed by atoms with Crippen molar-refractivity contribution in [3.8, 4) is 0 Å². The zero-order valence-corrected chi connectivity index (χ0v) is 20.5. The average molecular weight is 513 g/mol. The molecule has 2 aliphatic heterocycles. The minimum Gasteiger partial charge on any atom is -0.352 e. The Morgan fingerprint density at radius 2 is 1.97 bits per heavy atom. The molecule has 0 radical (unpaired) electrons. The van der Waals surface area contributed by atoms with E-state index in [1.165, 1.54) is 11.1 Å². The van der Waals surface area contributed by atoms with E-state index in [4.69, 9.17) is 0 Å². The van der Waals surface area contributed by atoms with Gasteiger partial charge >= 0.3 is 0 Å². The van der Waals surface area contributed by atoms with Crippen LogP contribution in [0.25, 0.3) is 0 Å². The SMILES string of the molecule is CN=C(NCc1ccccc1CN1CCCC1=O)NC1CN(C(C)C)CC1C.I. The molecule has 0 saturated carbocycles. The van der Waals surface area contributed by atoms with E-state index >= 15 is 0 Å². The van der Waals surface area contributed by atoms with Crippen LogP contribution in [-0.4, -0.2) is 60.4 Å². The van der Waals surface area contributed by atoms with E-state index in [9.17, 15) is 4.79 Å². The molecule has 1 aromatic carbocycles. The van der Waals surface area contributed by atoms with Crippen molar-refractivity contribution in [2.24, 2.45) is 10.9 Å². The van der Waals surface area contributed by atoms with Gasteiger partial charge in [0.25, 0.3) is 0 Å². The van der Waals surface area contributed by atoms with Crippen molar-refractivity contribution in [2.45, 2.75) is 58.8 Å². The summed E-state index contributed by atoms with van der Waals surface area (Å²) in [4.78, 5) is 20.9. The van der Waals surface area contributed by atoms with Crippen LogP contribution in [0.3, 0.4) is 0 Å². The van der Waals surface area contributed by atoms with E-state index in [2.05, 4.69) is 59.5 Å². The first kappa shape index (κ1) is 23.9. The molecule has 2 heterocycles. The van der Waals surface area contributed by atoms with Gasteiger partial charge in [0.2, 0.25) is 5.91 Å². The van der Waals surface area contributed by atoms with Crippen LogP contribution in [0, 0.1) is 5.92 Å². The third kappa shape index (κ3) is 6.31. The number of hydrogen-bond acceptors (Lipinski definition) is 3. The van der Waals surface area contributed by atoms with Crippen molar-refractivity contribution in [1.82, 2.24) is 20.4 Å². The molecule has 0 bridgehead atoms. The molecule has 0 aliphatic carbocycles. The molecule has 3 rings (SSSR count). The molecule has 2 aliphatic rings. The molecular weight excluding hydrogens is 477 g/mol. The van der Waals surface area contributed by atoms with Crippen LogP contribution < -0.4 is 10.6 Å². The van der Waals surface area contributed by atoms with E-state index in [0.717, 1.165) is 32.0 Å². The van der Waals surface area contributed by atoms with Gasteiger partial charge < -0.3 is 15.5 Å². The van der Waals surface area contributed by atoms with Gasteiger partial charge in [0, 0.05) is 58.3 Å². The summed E-state index contributed by atoms with van der Waals surface area (Å²) in [6.45, 7) is 11.3. The van der Waals surface area contributed by atoms with Crippen LogP contribution in [0.2, 0.25) is 0 Å². The molecule has 1 aromatic rings. The Hall–Kier alpha value is -1.35. The maximum absolute atomic E-state index is 12.0. The highest BCUT2D eigenvalue weighted by atomic mass is 127. The van der Waals surface area contributed by atoms with Crippen LogP contribution >= 0.6 is 24.0 Å². The molecule has 29 heavy (non-hydrogen) atoms. The molecule has 2 unspecified atom stereocenters. The van der Waals surface area contributed by atoms with Gasteiger partial charge in [-0.05, 0) is 37.3 Å². The Morgan fingerprint density at radius 1 is 1.24 bits per heavy atom. The van der Waals surface area contributed by atoms with E-state index in [-0.39, 0.29) is 29.9 Å². The summed E-state index contributed by atoms with van der Waals surface area (Å²) < 4.78 is 0. The van der Waals surface area contributed by atoms with Crippen LogP contribution in [0.5, 0.6) is 0 Å². The highest BCUT2D eigenvalue weighted by Crippen LogP contribution is 2.19. The van der Waals surface area contributed by atoms with Crippen molar-refractivity contribution < 1.29 is 4.79 Å². The second kappa shape index (κ2) is 11.2. The summed E-state index contributed by atoms with van der Waals surface area (Å²) in [6, 6.07) is 9.35. The number of carbonyl (C=O) groups excluding carboxylic acids is 1. The lowest BCUT2D eigenvalue weighted by Gasteiger charge is -2.22. The molecule has 0 aromatic heterocycles. The molecule has 2 atom stereocenters. The maximum Gasteiger partial charge on any atom is 0.222 e. The number of halogens is 1. The Kier molecular flexibility index (Phi) is 9.20. The first-order chi connectivity index (χ1) is 13.5. The predicted octanol–water partition coefficient (Wildman–Crippen LogP) is 2.82. The molecule has 2 N–H and O–H groups in total. The van der Waals surface area contributed by atoms with E-state index in [1.54, 1.807) is 0 Å². The van der Waals surface area contributed by atoms with Gasteiger partial charge in [-0.2, -0.15) is 0 Å². The largest absolute Gasteiger partial charge is 0.352 e. The van der Waals surface area contributed by atoms with Crippen molar-refractivity contribution in [3.63, 3.8) is 0 Å². The number of benzene rings is 1. The van der Waals surface area contributed by atoms with Crippen molar-refractivity contribution in [3.05, 3.63) is 35.4 Å². The Labute approximate surface area is 192 Å². The summed E-state index contributed by atoms with van der Waals surface area (Å²) in [5.74, 6) is 1.70. The second-order valence-electron chi connectivity index (χ2n) is 8.39. The molecule has 2 saturated heterocycles. The van der Waals surface area contributed by atoms with Crippen LogP contribution in [-0.2, 0) is 17.9 Å². The van der Waals surface area contributed by atoms with E-state index < -0.39 is 0 Å². The molecule has 0 spiro atoms. The number of guanidine groups is 1. The van der Waals surface area contributed by atoms with Crippen LogP contribution in [0.15, 0.2) is 29.3 Å². The van der Waals surface area contributed by atoms with Gasteiger partial charge in [0.1, 0.15) is 0 Å². The number of aliphatic imine (C=N–C) groups is 1. The number of hydrogen-bond donors (Lipinski definition) is 2. The Balaban J connectivity index is 0.00000300. The average Bonchev–Trinajstić information content (AvgIpc) is 3.25. The quantitative estimate of drug-likeness (QED) is 0.349. The zero-order chi connectivity index (χ0) is 20.1. The first-order valence-electron chi connectivity index (χ1n) is 10.5. The summed E-state index contributed by atoms with van der Waals surface area (Å²) in [5.41, 5.74) is 2.43.